The van der Waals surface area contributed by atoms with Crippen LogP contribution >= 0.6 is 0 Å². The lowest BCUT2D eigenvalue weighted by Gasteiger charge is -2.10. The zero-order valence-corrected chi connectivity index (χ0v) is 13.2. The van der Waals surface area contributed by atoms with E-state index < -0.39 is 11.8 Å². The molecule has 2 aromatic carbocycles. The number of aryl methyl sites for hydroxylation is 4. The third kappa shape index (κ3) is 3.82. The van der Waals surface area contributed by atoms with E-state index in [0.717, 1.165) is 22.3 Å². The van der Waals surface area contributed by atoms with Crippen LogP contribution in [0.5, 0.6) is 5.75 Å². The van der Waals surface area contributed by atoms with Crippen molar-refractivity contribution in [3.8, 4) is 5.75 Å². The van der Waals surface area contributed by atoms with Crippen molar-refractivity contribution in [1.82, 2.24) is 0 Å². The highest BCUT2D eigenvalue weighted by Crippen LogP contribution is 2.25. The van der Waals surface area contributed by atoms with Crippen LogP contribution in [0.2, 0.25) is 0 Å². The van der Waals surface area contributed by atoms with E-state index in [1.54, 1.807) is 12.1 Å². The van der Waals surface area contributed by atoms with E-state index in [-0.39, 0.29) is 0 Å². The number of carbonyl (C=O) groups excluding carboxylic acids is 1. The Labute approximate surface area is 130 Å². The van der Waals surface area contributed by atoms with E-state index in [0.29, 0.717) is 11.3 Å². The Morgan fingerprint density at radius 2 is 1.50 bits per heavy atom. The minimum atomic E-state index is -0.976. The first-order valence-corrected chi connectivity index (χ1v) is 7.10. The quantitative estimate of drug-likeness (QED) is 0.460. The number of rotatable bonds is 3. The van der Waals surface area contributed by atoms with Gasteiger partial charge in [0, 0.05) is 0 Å². The number of halogens is 1. The molecule has 0 saturated heterocycles. The Morgan fingerprint density at radius 3 is 2.05 bits per heavy atom. The minimum Gasteiger partial charge on any atom is -0.421 e. The van der Waals surface area contributed by atoms with Gasteiger partial charge in [-0.2, -0.15) is 4.39 Å². The summed E-state index contributed by atoms with van der Waals surface area (Å²) in [7, 11) is 0. The van der Waals surface area contributed by atoms with Gasteiger partial charge in [0.2, 0.25) is 5.83 Å². The minimum absolute atomic E-state index is 0.419. The zero-order valence-electron chi connectivity index (χ0n) is 13.2. The molecule has 0 aliphatic carbocycles. The van der Waals surface area contributed by atoms with Crippen LogP contribution in [0.3, 0.4) is 0 Å². The van der Waals surface area contributed by atoms with Gasteiger partial charge in [-0.1, -0.05) is 47.5 Å². The van der Waals surface area contributed by atoms with Crippen LogP contribution in [0.4, 0.5) is 4.39 Å². The normalized spacial score (nSPS) is 11.4. The summed E-state index contributed by atoms with van der Waals surface area (Å²) in [5.74, 6) is -1.47. The third-order valence-electron chi connectivity index (χ3n) is 3.37. The Balaban J connectivity index is 2.20. The fraction of sp³-hybridized carbons (Fsp3) is 0.211. The molecular formula is C19H19FO2. The standard InChI is InChI=1S/C19H19FO2/c1-12-5-7-16(8-6-12)11-17(20)19(21)22-18-14(3)9-13(2)10-15(18)4/h5-11H,1-4H3/b17-11-. The molecule has 0 unspecified atom stereocenters. The van der Waals surface area contributed by atoms with Crippen molar-refractivity contribution < 1.29 is 13.9 Å². The average Bonchev–Trinajstić information content (AvgIpc) is 2.45. The monoisotopic (exact) mass is 298 g/mol. The summed E-state index contributed by atoms with van der Waals surface area (Å²) in [6, 6.07) is 11.0. The third-order valence-corrected chi connectivity index (χ3v) is 3.37. The molecule has 0 fully saturated rings. The Morgan fingerprint density at radius 1 is 0.955 bits per heavy atom. The molecule has 0 atom stereocenters. The fourth-order valence-electron chi connectivity index (χ4n) is 2.34. The van der Waals surface area contributed by atoms with Crippen LogP contribution in [-0.2, 0) is 4.79 Å². The van der Waals surface area contributed by atoms with Gasteiger partial charge < -0.3 is 4.74 Å². The van der Waals surface area contributed by atoms with E-state index in [4.69, 9.17) is 4.74 Å². The van der Waals surface area contributed by atoms with Crippen LogP contribution in [0.25, 0.3) is 6.08 Å². The number of ether oxygens (including phenoxy) is 1. The molecule has 0 N–H and O–H groups in total. The molecule has 0 aromatic heterocycles. The molecule has 0 spiro atoms. The van der Waals surface area contributed by atoms with Crippen molar-refractivity contribution in [2.75, 3.05) is 0 Å². The molecule has 0 aliphatic rings. The SMILES string of the molecule is Cc1ccc(/C=C(\F)C(=O)Oc2c(C)cc(C)cc2C)cc1. The lowest BCUT2D eigenvalue weighted by atomic mass is 10.1. The highest BCUT2D eigenvalue weighted by Gasteiger charge is 2.15. The molecule has 22 heavy (non-hydrogen) atoms. The molecule has 0 radical (unpaired) electrons. The van der Waals surface area contributed by atoms with E-state index in [2.05, 4.69) is 0 Å². The predicted molar refractivity (Wildman–Crippen MR) is 86.6 cm³/mol. The molecule has 114 valence electrons. The Bertz CT molecular complexity index is 705. The summed E-state index contributed by atoms with van der Waals surface area (Å²) in [6.07, 6.45) is 1.18. The molecule has 3 heteroatoms. The van der Waals surface area contributed by atoms with E-state index >= 15 is 0 Å². The molecule has 0 aliphatic heterocycles. The summed E-state index contributed by atoms with van der Waals surface area (Å²) < 4.78 is 19.2. The number of esters is 1. The summed E-state index contributed by atoms with van der Waals surface area (Å²) in [5.41, 5.74) is 4.40. The molecule has 0 amide bonds. The van der Waals surface area contributed by atoms with E-state index in [1.165, 1.54) is 6.08 Å². The molecule has 2 nitrogen and oxygen atoms in total. The van der Waals surface area contributed by atoms with E-state index in [1.807, 2.05) is 52.0 Å². The van der Waals surface area contributed by atoms with Gasteiger partial charge in [-0.05, 0) is 50.5 Å². The van der Waals surface area contributed by atoms with Crippen molar-refractivity contribution >= 4 is 12.0 Å². The highest BCUT2D eigenvalue weighted by molar-refractivity contribution is 5.93. The van der Waals surface area contributed by atoms with Crippen LogP contribution in [-0.4, -0.2) is 5.97 Å². The average molecular weight is 298 g/mol. The maximum absolute atomic E-state index is 14.0. The second-order valence-corrected chi connectivity index (χ2v) is 5.52. The van der Waals surface area contributed by atoms with Crippen LogP contribution in [0, 0.1) is 27.7 Å². The van der Waals surface area contributed by atoms with Crippen LogP contribution in [0.15, 0.2) is 42.2 Å². The molecule has 0 saturated carbocycles. The summed E-state index contributed by atoms with van der Waals surface area (Å²) in [5, 5.41) is 0. The van der Waals surface area contributed by atoms with Crippen molar-refractivity contribution in [3.63, 3.8) is 0 Å². The second-order valence-electron chi connectivity index (χ2n) is 5.52. The predicted octanol–water partition coefficient (Wildman–Crippen LogP) is 4.84. The lowest BCUT2D eigenvalue weighted by Crippen LogP contribution is -2.10. The van der Waals surface area contributed by atoms with Crippen molar-refractivity contribution in [2.24, 2.45) is 0 Å². The van der Waals surface area contributed by atoms with Gasteiger partial charge in [0.15, 0.2) is 0 Å². The number of carbonyl (C=O) groups is 1. The van der Waals surface area contributed by atoms with Crippen molar-refractivity contribution in [1.29, 1.82) is 0 Å². The molecule has 0 bridgehead atoms. The van der Waals surface area contributed by atoms with Gasteiger partial charge in [0.25, 0.3) is 0 Å². The first-order chi connectivity index (χ1) is 10.4. The van der Waals surface area contributed by atoms with Crippen LogP contribution < -0.4 is 4.74 Å². The first kappa shape index (κ1) is 16.0. The molecule has 2 aromatic rings. The smallest absolute Gasteiger partial charge is 0.372 e. The molecular weight excluding hydrogens is 279 g/mol. The summed E-state index contributed by atoms with van der Waals surface area (Å²) >= 11 is 0. The topological polar surface area (TPSA) is 26.3 Å². The summed E-state index contributed by atoms with van der Waals surface area (Å²) in [4.78, 5) is 11.9. The van der Waals surface area contributed by atoms with Gasteiger partial charge in [-0.15, -0.1) is 0 Å². The van der Waals surface area contributed by atoms with Crippen molar-refractivity contribution in [2.45, 2.75) is 27.7 Å². The number of hydrogen-bond acceptors (Lipinski definition) is 2. The van der Waals surface area contributed by atoms with E-state index in [9.17, 15) is 9.18 Å². The summed E-state index contributed by atoms with van der Waals surface area (Å²) in [6.45, 7) is 7.58. The van der Waals surface area contributed by atoms with Gasteiger partial charge >= 0.3 is 5.97 Å². The fourth-order valence-corrected chi connectivity index (χ4v) is 2.34. The highest BCUT2D eigenvalue weighted by atomic mass is 19.1. The maximum Gasteiger partial charge on any atom is 0.372 e. The van der Waals surface area contributed by atoms with Gasteiger partial charge in [-0.3, -0.25) is 0 Å². The maximum atomic E-state index is 14.0. The second kappa shape index (κ2) is 6.56. The lowest BCUT2D eigenvalue weighted by molar-refractivity contribution is -0.131. The van der Waals surface area contributed by atoms with Gasteiger partial charge in [0.05, 0.1) is 0 Å². The van der Waals surface area contributed by atoms with Gasteiger partial charge in [0.1, 0.15) is 5.75 Å². The largest absolute Gasteiger partial charge is 0.421 e. The van der Waals surface area contributed by atoms with Crippen LogP contribution in [0.1, 0.15) is 27.8 Å². The molecule has 0 heterocycles. The molecule has 2 rings (SSSR count). The number of hydrogen-bond donors (Lipinski definition) is 0. The van der Waals surface area contributed by atoms with Gasteiger partial charge in [-0.25, -0.2) is 4.79 Å². The Kier molecular flexibility index (Phi) is 4.76. The first-order valence-electron chi connectivity index (χ1n) is 7.10. The van der Waals surface area contributed by atoms with Crippen molar-refractivity contribution in [3.05, 3.63) is 70.0 Å². The number of benzene rings is 2. The Hall–Kier alpha value is -2.42. The zero-order chi connectivity index (χ0) is 16.3.